The van der Waals surface area contributed by atoms with Gasteiger partial charge in [-0.05, 0) is 54.7 Å². The third kappa shape index (κ3) is 4.05. The van der Waals surface area contributed by atoms with Crippen molar-refractivity contribution in [3.8, 4) is 11.5 Å². The number of nitrogens with zero attached hydrogens (tertiary/aromatic N) is 3. The topological polar surface area (TPSA) is 59.2 Å². The van der Waals surface area contributed by atoms with Crippen LogP contribution in [0.3, 0.4) is 0 Å². The van der Waals surface area contributed by atoms with Crippen molar-refractivity contribution in [1.29, 1.82) is 0 Å². The van der Waals surface area contributed by atoms with E-state index in [0.717, 1.165) is 31.0 Å². The first-order valence-electron chi connectivity index (χ1n) is 9.05. The van der Waals surface area contributed by atoms with Gasteiger partial charge in [-0.15, -0.1) is 10.2 Å². The summed E-state index contributed by atoms with van der Waals surface area (Å²) in [5, 5.41) is 6.77. The second-order valence-electron chi connectivity index (χ2n) is 6.82. The SMILES string of the molecule is CS(=O)N(Cc1ccc(-c2nnc(C(F)F)o2)cc1F)c1ccc2c(c1)CCC2. The molecule has 0 saturated heterocycles. The van der Waals surface area contributed by atoms with Gasteiger partial charge in [0, 0.05) is 23.1 Å². The molecular formula is C20H18F3N3O2S. The number of hydrogen-bond acceptors (Lipinski definition) is 4. The summed E-state index contributed by atoms with van der Waals surface area (Å²) in [5.41, 5.74) is 3.83. The van der Waals surface area contributed by atoms with E-state index in [4.69, 9.17) is 4.42 Å². The Morgan fingerprint density at radius 1 is 1.14 bits per heavy atom. The molecule has 0 spiro atoms. The van der Waals surface area contributed by atoms with Crippen molar-refractivity contribution in [2.24, 2.45) is 0 Å². The Morgan fingerprint density at radius 2 is 1.93 bits per heavy atom. The number of fused-ring (bicyclic) bond motifs is 1. The van der Waals surface area contributed by atoms with Crippen molar-refractivity contribution < 1.29 is 21.8 Å². The quantitative estimate of drug-likeness (QED) is 0.584. The van der Waals surface area contributed by atoms with E-state index < -0.39 is 29.1 Å². The number of rotatable bonds is 6. The molecule has 29 heavy (non-hydrogen) atoms. The Labute approximate surface area is 168 Å². The normalized spacial score (nSPS) is 14.2. The second-order valence-corrected chi connectivity index (χ2v) is 8.11. The molecule has 0 bridgehead atoms. The molecule has 1 atom stereocenters. The maximum Gasteiger partial charge on any atom is 0.314 e. The lowest BCUT2D eigenvalue weighted by molar-refractivity contribution is 0.116. The number of hydrogen-bond donors (Lipinski definition) is 0. The molecule has 1 heterocycles. The smallest absolute Gasteiger partial charge is 0.314 e. The molecule has 1 aromatic heterocycles. The van der Waals surface area contributed by atoms with Crippen LogP contribution in [0.5, 0.6) is 0 Å². The Morgan fingerprint density at radius 3 is 2.62 bits per heavy atom. The number of halogens is 3. The van der Waals surface area contributed by atoms with Crippen LogP contribution in [0.2, 0.25) is 0 Å². The molecule has 5 nitrogen and oxygen atoms in total. The van der Waals surface area contributed by atoms with Crippen molar-refractivity contribution in [2.45, 2.75) is 32.2 Å². The van der Waals surface area contributed by atoms with E-state index in [1.807, 2.05) is 18.2 Å². The minimum Gasteiger partial charge on any atom is -0.415 e. The van der Waals surface area contributed by atoms with Crippen LogP contribution in [0.15, 0.2) is 40.8 Å². The first-order valence-corrected chi connectivity index (χ1v) is 10.6. The van der Waals surface area contributed by atoms with Gasteiger partial charge in [-0.2, -0.15) is 8.78 Å². The Kier molecular flexibility index (Phi) is 5.40. The molecule has 1 unspecified atom stereocenters. The average molecular weight is 421 g/mol. The molecule has 1 aliphatic carbocycles. The minimum absolute atomic E-state index is 0.0973. The van der Waals surface area contributed by atoms with Crippen molar-refractivity contribution >= 4 is 16.7 Å². The van der Waals surface area contributed by atoms with Crippen LogP contribution >= 0.6 is 0 Å². The molecule has 0 N–H and O–H groups in total. The molecule has 0 saturated carbocycles. The number of anilines is 1. The maximum atomic E-state index is 14.7. The Hall–Kier alpha value is -2.68. The predicted molar refractivity (Wildman–Crippen MR) is 103 cm³/mol. The van der Waals surface area contributed by atoms with E-state index in [9.17, 15) is 17.4 Å². The zero-order valence-corrected chi connectivity index (χ0v) is 16.4. The predicted octanol–water partition coefficient (Wildman–Crippen LogP) is 4.60. The monoisotopic (exact) mass is 421 g/mol. The summed E-state index contributed by atoms with van der Waals surface area (Å²) in [4.78, 5) is 0. The van der Waals surface area contributed by atoms with Gasteiger partial charge in [0.2, 0.25) is 5.89 Å². The van der Waals surface area contributed by atoms with Gasteiger partial charge in [-0.25, -0.2) is 8.60 Å². The molecule has 0 aliphatic heterocycles. The molecule has 0 radical (unpaired) electrons. The van der Waals surface area contributed by atoms with Crippen LogP contribution in [-0.2, 0) is 30.4 Å². The van der Waals surface area contributed by atoms with Crippen LogP contribution in [0.25, 0.3) is 11.5 Å². The highest BCUT2D eigenvalue weighted by atomic mass is 32.2. The summed E-state index contributed by atoms with van der Waals surface area (Å²) >= 11 is 0. The largest absolute Gasteiger partial charge is 0.415 e. The summed E-state index contributed by atoms with van der Waals surface area (Å²) < 4.78 is 58.7. The van der Waals surface area contributed by atoms with Crippen molar-refractivity contribution in [3.05, 3.63) is 64.8 Å². The van der Waals surface area contributed by atoms with Gasteiger partial charge in [-0.1, -0.05) is 12.1 Å². The van der Waals surface area contributed by atoms with Crippen LogP contribution in [0, 0.1) is 5.82 Å². The number of benzene rings is 2. The zero-order chi connectivity index (χ0) is 20.5. The van der Waals surface area contributed by atoms with E-state index in [1.165, 1.54) is 23.3 Å². The van der Waals surface area contributed by atoms with E-state index in [2.05, 4.69) is 10.2 Å². The molecule has 4 rings (SSSR count). The summed E-state index contributed by atoms with van der Waals surface area (Å²) in [6, 6.07) is 10.1. The summed E-state index contributed by atoms with van der Waals surface area (Å²) in [7, 11) is -1.36. The molecule has 0 fully saturated rings. The van der Waals surface area contributed by atoms with Crippen LogP contribution in [0.1, 0.15) is 35.4 Å². The first-order chi connectivity index (χ1) is 13.9. The number of aromatic nitrogens is 2. The number of alkyl halides is 2. The lowest BCUT2D eigenvalue weighted by atomic mass is 10.1. The second kappa shape index (κ2) is 7.98. The van der Waals surface area contributed by atoms with E-state index in [-0.39, 0.29) is 18.0 Å². The Bertz CT molecular complexity index is 1070. The molecular weight excluding hydrogens is 403 g/mol. The highest BCUT2D eigenvalue weighted by molar-refractivity contribution is 7.85. The lowest BCUT2D eigenvalue weighted by Gasteiger charge is -2.23. The van der Waals surface area contributed by atoms with Gasteiger partial charge in [0.25, 0.3) is 5.89 Å². The molecule has 3 aromatic rings. The third-order valence-corrected chi connectivity index (χ3v) is 5.88. The van der Waals surface area contributed by atoms with E-state index in [1.54, 1.807) is 10.6 Å². The van der Waals surface area contributed by atoms with Crippen molar-refractivity contribution in [3.63, 3.8) is 0 Å². The van der Waals surface area contributed by atoms with Crippen LogP contribution < -0.4 is 4.31 Å². The first kappa shape index (κ1) is 19.6. The van der Waals surface area contributed by atoms with Crippen LogP contribution in [-0.4, -0.2) is 20.7 Å². The lowest BCUT2D eigenvalue weighted by Crippen LogP contribution is -2.25. The molecule has 0 amide bonds. The molecule has 2 aromatic carbocycles. The summed E-state index contributed by atoms with van der Waals surface area (Å²) in [6.07, 6.45) is 1.79. The van der Waals surface area contributed by atoms with Gasteiger partial charge in [-0.3, -0.25) is 4.31 Å². The highest BCUT2D eigenvalue weighted by Crippen LogP contribution is 2.30. The van der Waals surface area contributed by atoms with Gasteiger partial charge in [0.1, 0.15) is 16.8 Å². The third-order valence-electron chi connectivity index (χ3n) is 4.92. The van der Waals surface area contributed by atoms with Gasteiger partial charge in [0.05, 0.1) is 6.54 Å². The fraction of sp³-hybridized carbons (Fsp3) is 0.300. The maximum absolute atomic E-state index is 14.7. The van der Waals surface area contributed by atoms with Crippen molar-refractivity contribution in [1.82, 2.24) is 10.2 Å². The Balaban J connectivity index is 1.59. The summed E-state index contributed by atoms with van der Waals surface area (Å²) in [6.45, 7) is 0.0973. The van der Waals surface area contributed by atoms with Crippen LogP contribution in [0.4, 0.5) is 18.9 Å². The van der Waals surface area contributed by atoms with E-state index in [0.29, 0.717) is 5.56 Å². The zero-order valence-electron chi connectivity index (χ0n) is 15.6. The minimum atomic E-state index is -2.89. The van der Waals surface area contributed by atoms with E-state index >= 15 is 0 Å². The number of aryl methyl sites for hydroxylation is 2. The fourth-order valence-corrected chi connectivity index (χ4v) is 4.18. The van der Waals surface area contributed by atoms with Gasteiger partial charge in [0.15, 0.2) is 0 Å². The van der Waals surface area contributed by atoms with Gasteiger partial charge < -0.3 is 4.42 Å². The van der Waals surface area contributed by atoms with Gasteiger partial charge >= 0.3 is 6.43 Å². The highest BCUT2D eigenvalue weighted by Gasteiger charge is 2.20. The standard InChI is InChI=1S/C20H18F3N3O2S/c1-29(27)26(16-8-7-12-3-2-4-13(12)9-16)11-15-6-5-14(10-17(15)21)19-24-25-20(28-19)18(22)23/h5-10,18H,2-4,11H2,1H3. The molecule has 152 valence electrons. The van der Waals surface area contributed by atoms with Crippen molar-refractivity contribution in [2.75, 3.05) is 10.6 Å². The average Bonchev–Trinajstić information content (AvgIpc) is 3.35. The molecule has 1 aliphatic rings. The summed E-state index contributed by atoms with van der Waals surface area (Å²) in [5.74, 6) is -1.56. The molecule has 9 heteroatoms. The fourth-order valence-electron chi connectivity index (χ4n) is 3.45.